The molecule has 152 valence electrons. The van der Waals surface area contributed by atoms with Gasteiger partial charge >= 0.3 is 0 Å². The molecule has 1 amide bonds. The van der Waals surface area contributed by atoms with Crippen molar-refractivity contribution in [3.05, 3.63) is 63.2 Å². The summed E-state index contributed by atoms with van der Waals surface area (Å²) >= 11 is 2.11. The number of carbonyl (C=O) groups is 1. The van der Waals surface area contributed by atoms with Crippen molar-refractivity contribution in [1.82, 2.24) is 4.72 Å². The molecule has 0 aromatic heterocycles. The van der Waals surface area contributed by atoms with Crippen LogP contribution in [0.3, 0.4) is 0 Å². The number of carbonyl (C=O) groups excluding carboxylic acids is 1. The SMILES string of the molecule is CCCCCCCCCc1ccccc1C(=O)NS(=O)(=O)c1ccc(I)cc1. The second kappa shape index (κ2) is 11.6. The van der Waals surface area contributed by atoms with Gasteiger partial charge in [-0.25, -0.2) is 13.1 Å². The molecule has 0 spiro atoms. The maximum absolute atomic E-state index is 12.6. The lowest BCUT2D eigenvalue weighted by molar-refractivity contribution is 0.0980. The van der Waals surface area contributed by atoms with Gasteiger partial charge in [0.2, 0.25) is 0 Å². The number of nitrogens with one attached hydrogen (secondary N) is 1. The van der Waals surface area contributed by atoms with E-state index < -0.39 is 15.9 Å². The first-order valence-electron chi connectivity index (χ1n) is 9.84. The van der Waals surface area contributed by atoms with Gasteiger partial charge in [0, 0.05) is 9.13 Å². The zero-order chi connectivity index (χ0) is 20.4. The van der Waals surface area contributed by atoms with Crippen LogP contribution in [0.5, 0.6) is 0 Å². The maximum Gasteiger partial charge on any atom is 0.265 e. The van der Waals surface area contributed by atoms with E-state index in [-0.39, 0.29) is 4.90 Å². The fourth-order valence-corrected chi connectivity index (χ4v) is 4.41. The normalized spacial score (nSPS) is 11.4. The first-order valence-corrected chi connectivity index (χ1v) is 12.4. The highest BCUT2D eigenvalue weighted by Gasteiger charge is 2.20. The smallest absolute Gasteiger partial charge is 0.265 e. The third-order valence-corrected chi connectivity index (χ3v) is 6.73. The lowest BCUT2D eigenvalue weighted by Crippen LogP contribution is -2.31. The average molecular weight is 513 g/mol. The summed E-state index contributed by atoms with van der Waals surface area (Å²) in [5.74, 6) is -0.572. The average Bonchev–Trinajstić information content (AvgIpc) is 2.67. The lowest BCUT2D eigenvalue weighted by Gasteiger charge is -2.11. The van der Waals surface area contributed by atoms with Crippen LogP contribution < -0.4 is 4.72 Å². The number of hydrogen-bond donors (Lipinski definition) is 1. The van der Waals surface area contributed by atoms with Crippen molar-refractivity contribution in [2.75, 3.05) is 0 Å². The fraction of sp³-hybridized carbons (Fsp3) is 0.409. The van der Waals surface area contributed by atoms with E-state index in [0.717, 1.165) is 28.4 Å². The second-order valence-corrected chi connectivity index (χ2v) is 9.85. The quantitative estimate of drug-likeness (QED) is 0.310. The Hall–Kier alpha value is -1.41. The Morgan fingerprint density at radius 3 is 2.18 bits per heavy atom. The molecule has 0 fully saturated rings. The van der Waals surface area contributed by atoms with Gasteiger partial charge in [0.25, 0.3) is 15.9 Å². The number of hydrogen-bond acceptors (Lipinski definition) is 3. The first kappa shape index (κ1) is 22.9. The highest BCUT2D eigenvalue weighted by Crippen LogP contribution is 2.17. The van der Waals surface area contributed by atoms with E-state index in [0.29, 0.717) is 5.56 Å². The maximum atomic E-state index is 12.6. The minimum Gasteiger partial charge on any atom is -0.268 e. The van der Waals surface area contributed by atoms with Crippen molar-refractivity contribution in [3.8, 4) is 0 Å². The summed E-state index contributed by atoms with van der Waals surface area (Å²) in [5, 5.41) is 0. The van der Waals surface area contributed by atoms with Crippen LogP contribution in [-0.4, -0.2) is 14.3 Å². The van der Waals surface area contributed by atoms with Crippen LogP contribution in [0.15, 0.2) is 53.4 Å². The summed E-state index contributed by atoms with van der Waals surface area (Å²) in [6, 6.07) is 13.7. The van der Waals surface area contributed by atoms with Gasteiger partial charge in [-0.1, -0.05) is 63.6 Å². The molecule has 0 aliphatic heterocycles. The zero-order valence-electron chi connectivity index (χ0n) is 16.3. The van der Waals surface area contributed by atoms with Gasteiger partial charge in [0.15, 0.2) is 0 Å². The Labute approximate surface area is 182 Å². The molecule has 0 aliphatic rings. The van der Waals surface area contributed by atoms with E-state index >= 15 is 0 Å². The fourth-order valence-electron chi connectivity index (χ4n) is 3.08. The standard InChI is InChI=1S/C22H28INO3S/c1-2-3-4-5-6-7-8-11-18-12-9-10-13-21(18)22(25)24-28(26,27)20-16-14-19(23)15-17-20/h9-10,12-17H,2-8,11H2,1H3,(H,24,25). The Balaban J connectivity index is 1.97. The predicted octanol–water partition coefficient (Wildman–Crippen LogP) is 5.70. The van der Waals surface area contributed by atoms with Gasteiger partial charge in [-0.2, -0.15) is 0 Å². The molecule has 2 rings (SSSR count). The van der Waals surface area contributed by atoms with Crippen LogP contribution in [0, 0.1) is 3.57 Å². The van der Waals surface area contributed by atoms with Crippen molar-refractivity contribution >= 4 is 38.5 Å². The predicted molar refractivity (Wildman–Crippen MR) is 122 cm³/mol. The molecule has 4 nitrogen and oxygen atoms in total. The van der Waals surface area contributed by atoms with Crippen molar-refractivity contribution in [3.63, 3.8) is 0 Å². The second-order valence-electron chi connectivity index (χ2n) is 6.92. The summed E-state index contributed by atoms with van der Waals surface area (Å²) in [6.07, 6.45) is 9.18. The largest absolute Gasteiger partial charge is 0.268 e. The molecule has 0 aliphatic carbocycles. The monoisotopic (exact) mass is 513 g/mol. The molecule has 0 saturated heterocycles. The summed E-state index contributed by atoms with van der Waals surface area (Å²) in [5.41, 5.74) is 1.33. The molecule has 2 aromatic rings. The number of benzene rings is 2. The Bertz CT molecular complexity index is 864. The van der Waals surface area contributed by atoms with Gasteiger partial charge in [0.05, 0.1) is 4.90 Å². The first-order chi connectivity index (χ1) is 13.4. The highest BCUT2D eigenvalue weighted by atomic mass is 127. The summed E-state index contributed by atoms with van der Waals surface area (Å²) in [6.45, 7) is 2.21. The Morgan fingerprint density at radius 1 is 0.893 bits per heavy atom. The van der Waals surface area contributed by atoms with E-state index in [1.165, 1.54) is 44.2 Å². The van der Waals surface area contributed by atoms with Crippen molar-refractivity contribution < 1.29 is 13.2 Å². The van der Waals surface area contributed by atoms with Gasteiger partial charge in [-0.15, -0.1) is 0 Å². The lowest BCUT2D eigenvalue weighted by atomic mass is 10.00. The van der Waals surface area contributed by atoms with Crippen LogP contribution in [0.2, 0.25) is 0 Å². The van der Waals surface area contributed by atoms with E-state index in [2.05, 4.69) is 34.2 Å². The minimum atomic E-state index is -3.88. The van der Waals surface area contributed by atoms with Crippen LogP contribution in [0.25, 0.3) is 0 Å². The number of halogens is 1. The van der Waals surface area contributed by atoms with E-state index in [1.54, 1.807) is 24.3 Å². The topological polar surface area (TPSA) is 63.2 Å². The molecule has 0 saturated carbocycles. The van der Waals surface area contributed by atoms with Crippen molar-refractivity contribution in [1.29, 1.82) is 0 Å². The van der Waals surface area contributed by atoms with Crippen LogP contribution in [0.1, 0.15) is 67.8 Å². The number of sulfonamides is 1. The molecule has 2 aromatic carbocycles. The Morgan fingerprint density at radius 2 is 1.50 bits per heavy atom. The molecular formula is C22H28INO3S. The molecule has 0 heterocycles. The molecule has 0 bridgehead atoms. The van der Waals surface area contributed by atoms with Crippen molar-refractivity contribution in [2.45, 2.75) is 63.2 Å². The molecule has 0 unspecified atom stereocenters. The number of amides is 1. The minimum absolute atomic E-state index is 0.0887. The molecule has 6 heteroatoms. The molecular weight excluding hydrogens is 485 g/mol. The Kier molecular flexibility index (Phi) is 9.44. The number of aryl methyl sites for hydroxylation is 1. The van der Waals surface area contributed by atoms with Crippen LogP contribution in [0.4, 0.5) is 0 Å². The van der Waals surface area contributed by atoms with Crippen LogP contribution >= 0.6 is 22.6 Å². The molecule has 0 atom stereocenters. The summed E-state index contributed by atoms with van der Waals surface area (Å²) in [4.78, 5) is 12.7. The van der Waals surface area contributed by atoms with Crippen molar-refractivity contribution in [2.24, 2.45) is 0 Å². The molecule has 1 N–H and O–H groups in total. The zero-order valence-corrected chi connectivity index (χ0v) is 19.3. The van der Waals surface area contributed by atoms with E-state index in [1.807, 2.05) is 12.1 Å². The van der Waals surface area contributed by atoms with Gasteiger partial charge in [-0.05, 0) is 71.3 Å². The third-order valence-electron chi connectivity index (χ3n) is 4.66. The van der Waals surface area contributed by atoms with Gasteiger partial charge in [0.1, 0.15) is 0 Å². The molecule has 0 radical (unpaired) electrons. The summed E-state index contributed by atoms with van der Waals surface area (Å²) in [7, 11) is -3.88. The number of rotatable bonds is 11. The molecule has 28 heavy (non-hydrogen) atoms. The van der Waals surface area contributed by atoms with E-state index in [9.17, 15) is 13.2 Å². The van der Waals surface area contributed by atoms with Gasteiger partial charge < -0.3 is 0 Å². The summed E-state index contributed by atoms with van der Waals surface area (Å²) < 4.78 is 28.1. The highest BCUT2D eigenvalue weighted by molar-refractivity contribution is 14.1. The van der Waals surface area contributed by atoms with E-state index in [4.69, 9.17) is 0 Å². The van der Waals surface area contributed by atoms with Crippen LogP contribution in [-0.2, 0) is 16.4 Å². The number of unbranched alkanes of at least 4 members (excludes halogenated alkanes) is 6. The van der Waals surface area contributed by atoms with Gasteiger partial charge in [-0.3, -0.25) is 4.79 Å². The third kappa shape index (κ3) is 7.20.